The quantitative estimate of drug-likeness (QED) is 0.637. The van der Waals surface area contributed by atoms with E-state index in [-0.39, 0.29) is 17.3 Å². The van der Waals surface area contributed by atoms with Gasteiger partial charge >= 0.3 is 5.97 Å². The SMILES string of the molecule is CC(=O)Oc1c(C)cc(-c2nc(N)nc(N)c2C#N)cc1C. The zero-order valence-corrected chi connectivity index (χ0v) is 12.5. The maximum atomic E-state index is 11.1. The Morgan fingerprint density at radius 1 is 1.23 bits per heavy atom. The number of nitrogen functional groups attached to an aromatic ring is 2. The van der Waals surface area contributed by atoms with Gasteiger partial charge in [0.2, 0.25) is 5.95 Å². The molecule has 0 aliphatic carbocycles. The van der Waals surface area contributed by atoms with Gasteiger partial charge in [0.25, 0.3) is 0 Å². The van der Waals surface area contributed by atoms with Crippen LogP contribution in [0.25, 0.3) is 11.3 Å². The van der Waals surface area contributed by atoms with Gasteiger partial charge in [-0.05, 0) is 37.1 Å². The highest BCUT2D eigenvalue weighted by Gasteiger charge is 2.16. The molecule has 112 valence electrons. The van der Waals surface area contributed by atoms with Gasteiger partial charge in [-0.2, -0.15) is 10.2 Å². The van der Waals surface area contributed by atoms with Crippen LogP contribution in [0.4, 0.5) is 11.8 Å². The van der Waals surface area contributed by atoms with Crippen LogP contribution in [-0.4, -0.2) is 15.9 Å². The van der Waals surface area contributed by atoms with Crippen molar-refractivity contribution in [3.05, 3.63) is 28.8 Å². The molecule has 0 atom stereocenters. The van der Waals surface area contributed by atoms with Crippen LogP contribution in [0.2, 0.25) is 0 Å². The Labute approximate surface area is 127 Å². The van der Waals surface area contributed by atoms with E-state index < -0.39 is 5.97 Å². The Kier molecular flexibility index (Phi) is 3.95. The molecule has 0 aliphatic heterocycles. The van der Waals surface area contributed by atoms with Crippen molar-refractivity contribution in [3.63, 3.8) is 0 Å². The molecule has 0 fully saturated rings. The highest BCUT2D eigenvalue weighted by Crippen LogP contribution is 2.32. The molecule has 0 unspecified atom stereocenters. The van der Waals surface area contributed by atoms with E-state index in [4.69, 9.17) is 16.2 Å². The third kappa shape index (κ3) is 2.81. The van der Waals surface area contributed by atoms with Gasteiger partial charge < -0.3 is 16.2 Å². The summed E-state index contributed by atoms with van der Waals surface area (Å²) in [4.78, 5) is 19.0. The topological polar surface area (TPSA) is 128 Å². The monoisotopic (exact) mass is 297 g/mol. The molecule has 0 aliphatic rings. The second kappa shape index (κ2) is 5.69. The fourth-order valence-corrected chi connectivity index (χ4v) is 2.21. The molecule has 0 radical (unpaired) electrons. The predicted molar refractivity (Wildman–Crippen MR) is 81.8 cm³/mol. The van der Waals surface area contributed by atoms with Crippen LogP contribution in [0.3, 0.4) is 0 Å². The van der Waals surface area contributed by atoms with E-state index in [0.717, 1.165) is 11.1 Å². The molecular weight excluding hydrogens is 282 g/mol. The van der Waals surface area contributed by atoms with Crippen molar-refractivity contribution in [1.82, 2.24) is 9.97 Å². The number of aryl methyl sites for hydroxylation is 2. The Bertz CT molecular complexity index is 785. The first-order chi connectivity index (χ1) is 10.3. The van der Waals surface area contributed by atoms with Crippen LogP contribution < -0.4 is 16.2 Å². The largest absolute Gasteiger partial charge is 0.426 e. The molecule has 0 bridgehead atoms. The summed E-state index contributed by atoms with van der Waals surface area (Å²) in [6, 6.07) is 5.50. The number of nitrogens with two attached hydrogens (primary N) is 2. The second-order valence-corrected chi connectivity index (χ2v) is 4.84. The van der Waals surface area contributed by atoms with Crippen molar-refractivity contribution >= 4 is 17.7 Å². The summed E-state index contributed by atoms with van der Waals surface area (Å²) in [5.41, 5.74) is 14.0. The third-order valence-electron chi connectivity index (χ3n) is 3.05. The van der Waals surface area contributed by atoms with Crippen LogP contribution in [0.15, 0.2) is 12.1 Å². The number of hydrogen-bond acceptors (Lipinski definition) is 7. The molecule has 2 rings (SSSR count). The van der Waals surface area contributed by atoms with Gasteiger partial charge in [-0.3, -0.25) is 4.79 Å². The van der Waals surface area contributed by atoms with E-state index in [0.29, 0.717) is 17.0 Å². The second-order valence-electron chi connectivity index (χ2n) is 4.84. The molecule has 4 N–H and O–H groups in total. The molecule has 0 saturated heterocycles. The van der Waals surface area contributed by atoms with Crippen LogP contribution in [0.1, 0.15) is 23.6 Å². The highest BCUT2D eigenvalue weighted by molar-refractivity contribution is 5.76. The van der Waals surface area contributed by atoms with Crippen LogP contribution in [0.5, 0.6) is 5.75 Å². The maximum Gasteiger partial charge on any atom is 0.308 e. The lowest BCUT2D eigenvalue weighted by Gasteiger charge is -2.13. The van der Waals surface area contributed by atoms with E-state index in [1.807, 2.05) is 6.07 Å². The molecular formula is C15H15N5O2. The lowest BCUT2D eigenvalue weighted by Crippen LogP contribution is -2.07. The first kappa shape index (κ1) is 15.3. The fraction of sp³-hybridized carbons (Fsp3) is 0.200. The number of nitrogens with zero attached hydrogens (tertiary/aromatic N) is 3. The van der Waals surface area contributed by atoms with E-state index >= 15 is 0 Å². The maximum absolute atomic E-state index is 11.1. The van der Waals surface area contributed by atoms with Crippen molar-refractivity contribution in [2.24, 2.45) is 0 Å². The molecule has 7 heteroatoms. The molecule has 0 spiro atoms. The molecule has 1 aromatic carbocycles. The van der Waals surface area contributed by atoms with Gasteiger partial charge in [-0.25, -0.2) is 4.98 Å². The number of hydrogen-bond donors (Lipinski definition) is 2. The number of benzene rings is 1. The van der Waals surface area contributed by atoms with Crippen molar-refractivity contribution < 1.29 is 9.53 Å². The Hall–Kier alpha value is -3.14. The summed E-state index contributed by atoms with van der Waals surface area (Å²) < 4.78 is 5.18. The number of carbonyl (C=O) groups is 1. The van der Waals surface area contributed by atoms with Crippen molar-refractivity contribution in [2.75, 3.05) is 11.5 Å². The van der Waals surface area contributed by atoms with Gasteiger partial charge in [0.1, 0.15) is 23.2 Å². The van der Waals surface area contributed by atoms with Gasteiger partial charge in [0, 0.05) is 12.5 Å². The number of esters is 1. The number of nitriles is 1. The zero-order valence-electron chi connectivity index (χ0n) is 12.5. The Balaban J connectivity index is 2.65. The molecule has 22 heavy (non-hydrogen) atoms. The van der Waals surface area contributed by atoms with Crippen molar-refractivity contribution in [2.45, 2.75) is 20.8 Å². The Morgan fingerprint density at radius 3 is 2.32 bits per heavy atom. The summed E-state index contributed by atoms with van der Waals surface area (Å²) in [6.45, 7) is 4.94. The lowest BCUT2D eigenvalue weighted by atomic mass is 10.0. The van der Waals surface area contributed by atoms with Crippen LogP contribution in [-0.2, 0) is 4.79 Å². The number of rotatable bonds is 2. The van der Waals surface area contributed by atoms with Crippen LogP contribution in [0, 0.1) is 25.2 Å². The average molecular weight is 297 g/mol. The molecule has 0 amide bonds. The van der Waals surface area contributed by atoms with Gasteiger partial charge in [-0.1, -0.05) is 0 Å². The molecule has 7 nitrogen and oxygen atoms in total. The standard InChI is InChI=1S/C15H15N5O2/c1-7-4-10(5-8(2)13(7)22-9(3)21)12-11(6-16)14(17)20-15(18)19-12/h4-5H,1-3H3,(H4,17,18,19,20). The average Bonchev–Trinajstić information content (AvgIpc) is 2.41. The summed E-state index contributed by atoms with van der Waals surface area (Å²) in [5, 5.41) is 9.24. The number of carbonyl (C=O) groups excluding carboxylic acids is 1. The van der Waals surface area contributed by atoms with Crippen LogP contribution >= 0.6 is 0 Å². The minimum atomic E-state index is -0.396. The summed E-state index contributed by atoms with van der Waals surface area (Å²) in [7, 11) is 0. The highest BCUT2D eigenvalue weighted by atomic mass is 16.5. The summed E-state index contributed by atoms with van der Waals surface area (Å²) >= 11 is 0. The van der Waals surface area contributed by atoms with E-state index in [9.17, 15) is 10.1 Å². The van der Waals surface area contributed by atoms with Gasteiger partial charge in [-0.15, -0.1) is 0 Å². The number of ether oxygens (including phenoxy) is 1. The minimum Gasteiger partial charge on any atom is -0.426 e. The van der Waals surface area contributed by atoms with Gasteiger partial charge in [0.05, 0.1) is 5.69 Å². The number of aromatic nitrogens is 2. The third-order valence-corrected chi connectivity index (χ3v) is 3.05. The summed E-state index contributed by atoms with van der Waals surface area (Å²) in [6.07, 6.45) is 0. The molecule has 2 aromatic rings. The smallest absolute Gasteiger partial charge is 0.308 e. The first-order valence-corrected chi connectivity index (χ1v) is 6.46. The Morgan fingerprint density at radius 2 is 1.82 bits per heavy atom. The molecule has 0 saturated carbocycles. The molecule has 1 heterocycles. The fourth-order valence-electron chi connectivity index (χ4n) is 2.21. The van der Waals surface area contributed by atoms with Crippen molar-refractivity contribution in [1.29, 1.82) is 5.26 Å². The zero-order chi connectivity index (χ0) is 16.4. The van der Waals surface area contributed by atoms with E-state index in [1.165, 1.54) is 6.92 Å². The molecule has 1 aromatic heterocycles. The number of anilines is 2. The normalized spacial score (nSPS) is 10.1. The lowest BCUT2D eigenvalue weighted by molar-refractivity contribution is -0.131. The summed E-state index contributed by atoms with van der Waals surface area (Å²) in [5.74, 6) is 0.118. The van der Waals surface area contributed by atoms with E-state index in [2.05, 4.69) is 9.97 Å². The van der Waals surface area contributed by atoms with E-state index in [1.54, 1.807) is 26.0 Å². The predicted octanol–water partition coefficient (Wildman–Crippen LogP) is 1.72. The van der Waals surface area contributed by atoms with Gasteiger partial charge in [0.15, 0.2) is 0 Å². The minimum absolute atomic E-state index is 0.00845. The van der Waals surface area contributed by atoms with Crippen molar-refractivity contribution in [3.8, 4) is 23.1 Å². The first-order valence-electron chi connectivity index (χ1n) is 6.46.